The number of hydrogen-bond donors (Lipinski definition) is 0. The summed E-state index contributed by atoms with van der Waals surface area (Å²) < 4.78 is 44.0. The van der Waals surface area contributed by atoms with Crippen molar-refractivity contribution in [2.75, 3.05) is 0 Å². The van der Waals surface area contributed by atoms with Gasteiger partial charge in [0.15, 0.2) is 17.4 Å². The second-order valence-corrected chi connectivity index (χ2v) is 6.69. The van der Waals surface area contributed by atoms with Crippen molar-refractivity contribution in [1.29, 1.82) is 0 Å². The molecule has 0 heterocycles. The highest BCUT2D eigenvalue weighted by Crippen LogP contribution is 2.23. The first-order valence-electron chi connectivity index (χ1n) is 8.79. The summed E-state index contributed by atoms with van der Waals surface area (Å²) in [5.74, 6) is -3.31. The molecule has 2 aromatic carbocycles. The Balaban J connectivity index is 0.000000269. The van der Waals surface area contributed by atoms with Crippen LogP contribution in [-0.2, 0) is 6.61 Å². The number of aryl methyl sites for hydroxylation is 1. The van der Waals surface area contributed by atoms with Crippen molar-refractivity contribution < 1.29 is 17.9 Å². The molecule has 4 heteroatoms. The van der Waals surface area contributed by atoms with Crippen molar-refractivity contribution >= 4 is 0 Å². The molecule has 0 amide bonds. The summed E-state index contributed by atoms with van der Waals surface area (Å²) in [6, 6.07) is 9.34. The Morgan fingerprint density at radius 3 is 2.08 bits per heavy atom. The third-order valence-corrected chi connectivity index (χ3v) is 4.41. The highest BCUT2D eigenvalue weighted by molar-refractivity contribution is 5.27. The summed E-state index contributed by atoms with van der Waals surface area (Å²) in [7, 11) is 0. The van der Waals surface area contributed by atoms with Crippen LogP contribution in [0.15, 0.2) is 36.4 Å². The zero-order valence-corrected chi connectivity index (χ0v) is 14.8. The highest BCUT2D eigenvalue weighted by Gasteiger charge is 2.14. The first-order chi connectivity index (χ1) is 12.0. The number of rotatable bonds is 3. The van der Waals surface area contributed by atoms with E-state index in [4.69, 9.17) is 4.74 Å². The number of halogens is 3. The van der Waals surface area contributed by atoms with Gasteiger partial charge in [0, 0.05) is 0 Å². The van der Waals surface area contributed by atoms with Crippen LogP contribution in [0.25, 0.3) is 0 Å². The summed E-state index contributed by atoms with van der Waals surface area (Å²) in [6.07, 6.45) is 7.44. The second-order valence-electron chi connectivity index (χ2n) is 6.69. The zero-order valence-electron chi connectivity index (χ0n) is 14.8. The van der Waals surface area contributed by atoms with E-state index >= 15 is 0 Å². The topological polar surface area (TPSA) is 9.23 Å². The summed E-state index contributed by atoms with van der Waals surface area (Å²) in [4.78, 5) is 0. The van der Waals surface area contributed by atoms with E-state index in [1.165, 1.54) is 32.1 Å². The molecule has 0 saturated heterocycles. The van der Waals surface area contributed by atoms with Gasteiger partial charge in [-0.25, -0.2) is 8.78 Å². The van der Waals surface area contributed by atoms with E-state index in [0.29, 0.717) is 0 Å². The van der Waals surface area contributed by atoms with E-state index in [-0.39, 0.29) is 12.4 Å². The molecular formula is C21H25F3O. The smallest absolute Gasteiger partial charge is 0.203 e. The maximum absolute atomic E-state index is 13.3. The predicted molar refractivity (Wildman–Crippen MR) is 94.1 cm³/mol. The lowest BCUT2D eigenvalue weighted by Gasteiger charge is -2.15. The van der Waals surface area contributed by atoms with Crippen molar-refractivity contribution in [1.82, 2.24) is 0 Å². The van der Waals surface area contributed by atoms with Gasteiger partial charge in [0.1, 0.15) is 6.61 Å². The van der Waals surface area contributed by atoms with E-state index in [9.17, 15) is 13.2 Å². The summed E-state index contributed by atoms with van der Waals surface area (Å²) >= 11 is 0. The molecular weight excluding hydrogens is 325 g/mol. The minimum Gasteiger partial charge on any atom is -0.486 e. The Kier molecular flexibility index (Phi) is 7.35. The SMILES string of the molecule is CC1CCCCC1.Cc1ccc(COc2ccc(F)c(F)c2F)cc1. The lowest BCUT2D eigenvalue weighted by Crippen LogP contribution is -2.00. The minimum absolute atomic E-state index is 0.0995. The quantitative estimate of drug-likeness (QED) is 0.568. The Hall–Kier alpha value is -1.97. The van der Waals surface area contributed by atoms with Crippen molar-refractivity contribution in [2.24, 2.45) is 5.92 Å². The van der Waals surface area contributed by atoms with Crippen LogP contribution in [0, 0.1) is 30.3 Å². The van der Waals surface area contributed by atoms with Gasteiger partial charge in [0.05, 0.1) is 0 Å². The molecule has 0 bridgehead atoms. The van der Waals surface area contributed by atoms with Crippen molar-refractivity contribution in [3.63, 3.8) is 0 Å². The molecule has 1 fully saturated rings. The van der Waals surface area contributed by atoms with Gasteiger partial charge in [-0.1, -0.05) is 68.9 Å². The molecule has 0 aromatic heterocycles. The molecule has 0 radical (unpaired) electrons. The van der Waals surface area contributed by atoms with Gasteiger partial charge in [-0.3, -0.25) is 0 Å². The monoisotopic (exact) mass is 350 g/mol. The van der Waals surface area contributed by atoms with Gasteiger partial charge in [0.2, 0.25) is 5.82 Å². The third kappa shape index (κ3) is 6.11. The van der Waals surface area contributed by atoms with E-state index in [1.807, 2.05) is 31.2 Å². The average molecular weight is 350 g/mol. The van der Waals surface area contributed by atoms with Gasteiger partial charge in [0.25, 0.3) is 0 Å². The molecule has 1 nitrogen and oxygen atoms in total. The van der Waals surface area contributed by atoms with Gasteiger partial charge < -0.3 is 4.74 Å². The maximum Gasteiger partial charge on any atom is 0.203 e. The van der Waals surface area contributed by atoms with E-state index in [2.05, 4.69) is 6.92 Å². The molecule has 0 spiro atoms. The molecule has 0 N–H and O–H groups in total. The molecule has 1 aliphatic rings. The van der Waals surface area contributed by atoms with Gasteiger partial charge >= 0.3 is 0 Å². The highest BCUT2D eigenvalue weighted by atomic mass is 19.2. The molecule has 2 aromatic rings. The molecule has 0 aliphatic heterocycles. The van der Waals surface area contributed by atoms with Gasteiger partial charge in [-0.2, -0.15) is 4.39 Å². The first kappa shape index (κ1) is 19.4. The van der Waals surface area contributed by atoms with Crippen LogP contribution in [-0.4, -0.2) is 0 Å². The Bertz CT molecular complexity index is 662. The molecule has 0 atom stereocenters. The van der Waals surface area contributed by atoms with Crippen molar-refractivity contribution in [3.05, 3.63) is 65.0 Å². The normalized spacial score (nSPS) is 14.6. The summed E-state index contributed by atoms with van der Waals surface area (Å²) in [5.41, 5.74) is 1.92. The van der Waals surface area contributed by atoms with E-state index in [0.717, 1.165) is 29.2 Å². The fourth-order valence-corrected chi connectivity index (χ4v) is 2.77. The van der Waals surface area contributed by atoms with Crippen molar-refractivity contribution in [2.45, 2.75) is 52.6 Å². The fourth-order valence-electron chi connectivity index (χ4n) is 2.77. The molecule has 136 valence electrons. The lowest BCUT2D eigenvalue weighted by atomic mass is 9.91. The molecule has 1 saturated carbocycles. The maximum atomic E-state index is 13.3. The van der Waals surface area contributed by atoms with Gasteiger partial charge in [-0.05, 0) is 30.5 Å². The fraction of sp³-hybridized carbons (Fsp3) is 0.429. The van der Waals surface area contributed by atoms with Crippen LogP contribution in [0.5, 0.6) is 5.75 Å². The molecule has 1 aliphatic carbocycles. The van der Waals surface area contributed by atoms with E-state index in [1.54, 1.807) is 0 Å². The summed E-state index contributed by atoms with van der Waals surface area (Å²) in [5, 5.41) is 0. The van der Waals surface area contributed by atoms with Crippen LogP contribution >= 0.6 is 0 Å². The minimum atomic E-state index is -1.52. The summed E-state index contributed by atoms with van der Waals surface area (Å²) in [6.45, 7) is 4.40. The Morgan fingerprint density at radius 2 is 1.52 bits per heavy atom. The Labute approximate surface area is 147 Å². The molecule has 3 rings (SSSR count). The number of benzene rings is 2. The van der Waals surface area contributed by atoms with Gasteiger partial charge in [-0.15, -0.1) is 0 Å². The van der Waals surface area contributed by atoms with Crippen LogP contribution < -0.4 is 4.74 Å². The standard InChI is InChI=1S/C14H11F3O.C7H14/c1-9-2-4-10(5-3-9)8-18-12-7-6-11(15)13(16)14(12)17;1-7-5-3-2-4-6-7/h2-7H,8H2,1H3;7H,2-6H2,1H3. The predicted octanol–water partition coefficient (Wildman–Crippen LogP) is 6.58. The molecule has 25 heavy (non-hydrogen) atoms. The average Bonchev–Trinajstić information content (AvgIpc) is 2.62. The van der Waals surface area contributed by atoms with Crippen LogP contribution in [0.1, 0.15) is 50.2 Å². The van der Waals surface area contributed by atoms with E-state index < -0.39 is 17.5 Å². The third-order valence-electron chi connectivity index (χ3n) is 4.41. The Morgan fingerprint density at radius 1 is 0.880 bits per heavy atom. The zero-order chi connectivity index (χ0) is 18.2. The molecule has 0 unspecified atom stereocenters. The lowest BCUT2D eigenvalue weighted by molar-refractivity contribution is 0.281. The van der Waals surface area contributed by atoms with Crippen LogP contribution in [0.2, 0.25) is 0 Å². The van der Waals surface area contributed by atoms with Crippen LogP contribution in [0.3, 0.4) is 0 Å². The number of ether oxygens (including phenoxy) is 1. The second kappa shape index (κ2) is 9.50. The largest absolute Gasteiger partial charge is 0.486 e. The number of hydrogen-bond acceptors (Lipinski definition) is 1. The van der Waals surface area contributed by atoms with Crippen molar-refractivity contribution in [3.8, 4) is 5.75 Å². The van der Waals surface area contributed by atoms with Crippen LogP contribution in [0.4, 0.5) is 13.2 Å². The first-order valence-corrected chi connectivity index (χ1v) is 8.79.